The molecule has 3 unspecified atom stereocenters. The van der Waals surface area contributed by atoms with Crippen molar-refractivity contribution in [2.45, 2.75) is 50.8 Å². The molecule has 1 saturated heterocycles. The molecule has 4 aromatic rings. The fourth-order valence-electron chi connectivity index (χ4n) is 4.87. The van der Waals surface area contributed by atoms with Crippen molar-refractivity contribution in [3.8, 4) is 17.4 Å². The highest BCUT2D eigenvalue weighted by molar-refractivity contribution is 7.34. The molecule has 1 fully saturated rings. The lowest BCUT2D eigenvalue weighted by Crippen LogP contribution is -2.44. The lowest BCUT2D eigenvalue weighted by molar-refractivity contribution is -0.169. The molecule has 1 aliphatic heterocycles. The summed E-state index contributed by atoms with van der Waals surface area (Å²) in [5.74, 6) is -1.36. The molecule has 43 heavy (non-hydrogen) atoms. The maximum atomic E-state index is 12.9. The van der Waals surface area contributed by atoms with Crippen molar-refractivity contribution in [2.24, 2.45) is 10.7 Å². The Morgan fingerprint density at radius 1 is 1.28 bits per heavy atom. The summed E-state index contributed by atoms with van der Waals surface area (Å²) in [5, 5.41) is 33.1. The molecule has 3 heterocycles. The lowest BCUT2D eigenvalue weighted by Gasteiger charge is -2.27. The molecule has 0 radical (unpaired) electrons. The monoisotopic (exact) mass is 614 g/mol. The minimum atomic E-state index is -2.80. The van der Waals surface area contributed by atoms with Crippen molar-refractivity contribution in [3.63, 3.8) is 0 Å². The summed E-state index contributed by atoms with van der Waals surface area (Å²) < 4.78 is 28.3. The average molecular weight is 615 g/mol. The Morgan fingerprint density at radius 3 is 2.72 bits per heavy atom. The van der Waals surface area contributed by atoms with Crippen LogP contribution in [0.2, 0.25) is 0 Å². The summed E-state index contributed by atoms with van der Waals surface area (Å²) in [6.45, 7) is 4.45. The summed E-state index contributed by atoms with van der Waals surface area (Å²) in [6.07, 6.45) is -2.25. The first kappa shape index (κ1) is 30.3. The molecule has 0 saturated carbocycles. The van der Waals surface area contributed by atoms with E-state index in [1.54, 1.807) is 38.1 Å². The number of aliphatic hydroxyl groups excluding tert-OH is 1. The van der Waals surface area contributed by atoms with E-state index in [9.17, 15) is 25.0 Å². The number of nitrogens with two attached hydrogens (primary N) is 1. The van der Waals surface area contributed by atoms with Crippen LogP contribution in [0.1, 0.15) is 27.0 Å². The minimum Gasteiger partial charge on any atom is -0.575 e. The second-order valence-corrected chi connectivity index (χ2v) is 11.4. The number of anilines is 1. The minimum absolute atomic E-state index is 0.0755. The number of fused-ring (bicyclic) bond motifs is 2. The summed E-state index contributed by atoms with van der Waals surface area (Å²) >= 11 is 0. The fourth-order valence-corrected chi connectivity index (χ4v) is 5.83. The number of carboxylic acid groups (broad SMARTS) is 1. The van der Waals surface area contributed by atoms with E-state index in [-0.39, 0.29) is 41.1 Å². The smallest absolute Gasteiger partial charge is 0.395 e. The van der Waals surface area contributed by atoms with Crippen LogP contribution in [0.25, 0.3) is 21.9 Å². The second kappa shape index (κ2) is 11.9. The van der Waals surface area contributed by atoms with Gasteiger partial charge in [0.2, 0.25) is 17.6 Å². The Labute approximate surface area is 246 Å². The van der Waals surface area contributed by atoms with Crippen molar-refractivity contribution in [1.82, 2.24) is 19.5 Å². The van der Waals surface area contributed by atoms with Gasteiger partial charge in [-0.15, -0.1) is 0 Å². The van der Waals surface area contributed by atoms with E-state index in [2.05, 4.69) is 19.7 Å². The highest BCUT2D eigenvalue weighted by Crippen LogP contribution is 2.43. The number of methoxy groups -OCH3 is 1. The number of aromatic nitrogens is 4. The van der Waals surface area contributed by atoms with E-state index in [1.807, 2.05) is 12.1 Å². The largest absolute Gasteiger partial charge is 0.575 e. The van der Waals surface area contributed by atoms with Gasteiger partial charge < -0.3 is 40.2 Å². The highest BCUT2D eigenvalue weighted by atomic mass is 31.1. The van der Waals surface area contributed by atoms with Gasteiger partial charge in [-0.2, -0.15) is 9.97 Å². The highest BCUT2D eigenvalue weighted by Gasteiger charge is 2.54. The number of nitrogen functional groups attached to an aromatic ring is 1. The van der Waals surface area contributed by atoms with Crippen LogP contribution in [0.4, 0.5) is 5.95 Å². The lowest BCUT2D eigenvalue weighted by atomic mass is 9.96. The Bertz CT molecular complexity index is 1690. The Balaban J connectivity index is 1.43. The fraction of sp³-hybridized carbons (Fsp3) is 0.407. The molecule has 228 valence electrons. The van der Waals surface area contributed by atoms with E-state index in [4.69, 9.17) is 24.5 Å². The van der Waals surface area contributed by atoms with Crippen molar-refractivity contribution < 1.29 is 43.7 Å². The molecule has 2 aromatic carbocycles. The zero-order valence-corrected chi connectivity index (χ0v) is 24.6. The van der Waals surface area contributed by atoms with Crippen molar-refractivity contribution in [3.05, 3.63) is 42.7 Å². The average Bonchev–Trinajstić information content (AvgIpc) is 3.47. The van der Waals surface area contributed by atoms with Crippen molar-refractivity contribution in [2.75, 3.05) is 19.5 Å². The third-order valence-corrected chi connectivity index (χ3v) is 7.90. The predicted octanol–water partition coefficient (Wildman–Crippen LogP) is 2.00. The van der Waals surface area contributed by atoms with Gasteiger partial charge in [-0.1, -0.05) is 48.9 Å². The topological polar surface area (TPSA) is 220 Å². The second-order valence-electron chi connectivity index (χ2n) is 10.5. The van der Waals surface area contributed by atoms with Gasteiger partial charge in [-0.3, -0.25) is 9.09 Å². The van der Waals surface area contributed by atoms with Crippen LogP contribution < -0.4 is 24.6 Å². The molecule has 16 heteroatoms. The van der Waals surface area contributed by atoms with E-state index in [0.29, 0.717) is 5.39 Å². The molecular weight excluding hydrogens is 583 g/mol. The molecule has 0 bridgehead atoms. The molecule has 5 N–H and O–H groups in total. The number of carboxylic acids is 1. The van der Waals surface area contributed by atoms with E-state index in [1.165, 1.54) is 24.9 Å². The van der Waals surface area contributed by atoms with Gasteiger partial charge in [-0.25, -0.2) is 9.78 Å². The number of aliphatic carboxylic acids is 1. The molecule has 0 amide bonds. The first-order valence-electron chi connectivity index (χ1n) is 13.3. The summed E-state index contributed by atoms with van der Waals surface area (Å²) in [5.41, 5.74) is 4.51. The van der Waals surface area contributed by atoms with Crippen LogP contribution >= 0.6 is 8.17 Å². The van der Waals surface area contributed by atoms with Gasteiger partial charge in [0.25, 0.3) is 0 Å². The first-order chi connectivity index (χ1) is 20.4. The van der Waals surface area contributed by atoms with Crippen LogP contribution in [0.5, 0.6) is 17.4 Å². The van der Waals surface area contributed by atoms with E-state index in [0.717, 1.165) is 5.39 Å². The van der Waals surface area contributed by atoms with Gasteiger partial charge in [0.15, 0.2) is 29.2 Å². The Morgan fingerprint density at radius 2 is 2.02 bits per heavy atom. The number of imidazole rings is 1. The van der Waals surface area contributed by atoms with Gasteiger partial charge in [0.05, 0.1) is 13.4 Å². The molecule has 1 aliphatic rings. The van der Waals surface area contributed by atoms with Crippen molar-refractivity contribution in [1.29, 1.82) is 0 Å². The SMILES string of the molecule is COc1nc(N)nc2c1ncn2C1O[C@H](COc2ccc3ccccc3c2O[P+]([O-])=NC(C(=O)O)C(C)C)[C@@H](O)[C@@]1(C)O. The van der Waals surface area contributed by atoms with Crippen LogP contribution in [-0.4, -0.2) is 78.4 Å². The standard InChI is InChI=1S/C27H31N6O9P/c1-13(2)18(24(35)36)32-43(38)42-20-15-8-6-5-7-14(15)9-10-16(20)40-11-17-21(34)27(3,37)25(41-17)33-12-29-19-22(33)30-26(28)31-23(19)39-4/h5-10,12-13,17-18,21,25,34,37H,11H2,1-4H3,(H,35,36)(H2,28,30,31)/t17-,18?,21-,25?,27-/m1/s1. The van der Waals surface area contributed by atoms with Crippen LogP contribution in [0.15, 0.2) is 47.5 Å². The number of carbonyl (C=O) groups is 1. The third kappa shape index (κ3) is 5.77. The number of hydrogen-bond acceptors (Lipinski definition) is 13. The third-order valence-electron chi connectivity index (χ3n) is 7.13. The summed E-state index contributed by atoms with van der Waals surface area (Å²) in [7, 11) is -1.39. The number of benzene rings is 2. The molecule has 0 aliphatic carbocycles. The summed E-state index contributed by atoms with van der Waals surface area (Å²) in [6, 6.07) is 9.23. The van der Waals surface area contributed by atoms with Crippen LogP contribution in [-0.2, 0) is 9.53 Å². The van der Waals surface area contributed by atoms with Crippen molar-refractivity contribution >= 4 is 42.0 Å². The molecular formula is C27H31N6O9P. The van der Waals surface area contributed by atoms with E-state index >= 15 is 0 Å². The Hall–Kier alpha value is -4.14. The van der Waals surface area contributed by atoms with Gasteiger partial charge in [0, 0.05) is 5.39 Å². The zero-order chi connectivity index (χ0) is 31.1. The number of hydrogen-bond donors (Lipinski definition) is 4. The predicted molar refractivity (Wildman–Crippen MR) is 153 cm³/mol. The number of aliphatic hydroxyl groups is 2. The first-order valence-corrected chi connectivity index (χ1v) is 14.4. The van der Waals surface area contributed by atoms with Crippen LogP contribution in [0.3, 0.4) is 0 Å². The van der Waals surface area contributed by atoms with Gasteiger partial charge in [0.1, 0.15) is 24.4 Å². The normalized spacial score (nSPS) is 23.2. The molecule has 2 aromatic heterocycles. The quantitative estimate of drug-likeness (QED) is 0.188. The van der Waals surface area contributed by atoms with Gasteiger partial charge in [-0.05, 0) is 24.3 Å². The molecule has 6 atom stereocenters. The molecule has 5 rings (SSSR count). The maximum Gasteiger partial charge on any atom is 0.395 e. The molecule has 0 spiro atoms. The number of nitrogens with zero attached hydrogens (tertiary/aromatic N) is 5. The zero-order valence-electron chi connectivity index (χ0n) is 23.7. The van der Waals surface area contributed by atoms with E-state index < -0.39 is 50.1 Å². The number of rotatable bonds is 10. The molecule has 15 nitrogen and oxygen atoms in total. The summed E-state index contributed by atoms with van der Waals surface area (Å²) in [4.78, 5) is 36.9. The maximum absolute atomic E-state index is 12.9. The van der Waals surface area contributed by atoms with Gasteiger partial charge >= 0.3 is 14.1 Å². The number of ether oxygens (including phenoxy) is 3. The Kier molecular flexibility index (Phi) is 8.36. The van der Waals surface area contributed by atoms with Crippen LogP contribution in [0, 0.1) is 5.92 Å².